The molecule has 0 saturated carbocycles. The summed E-state index contributed by atoms with van der Waals surface area (Å²) in [6.07, 6.45) is 4.29. The number of likely N-dealkylation sites (tertiary alicyclic amines) is 1. The highest BCUT2D eigenvalue weighted by Gasteiger charge is 2.42. The van der Waals surface area contributed by atoms with Crippen LogP contribution in [0.1, 0.15) is 40.2 Å². The van der Waals surface area contributed by atoms with Crippen LogP contribution in [0.4, 0.5) is 5.69 Å². The van der Waals surface area contributed by atoms with Crippen LogP contribution in [0.3, 0.4) is 0 Å². The number of nitrogens with two attached hydrogens (primary N) is 1. The average Bonchev–Trinajstić information content (AvgIpc) is 3.27. The van der Waals surface area contributed by atoms with Gasteiger partial charge in [0.2, 0.25) is 0 Å². The van der Waals surface area contributed by atoms with Gasteiger partial charge < -0.3 is 20.7 Å². The number of aromatic nitrogens is 2. The second-order valence-electron chi connectivity index (χ2n) is 7.22. The lowest BCUT2D eigenvalue weighted by atomic mass is 9.88. The van der Waals surface area contributed by atoms with Crippen molar-refractivity contribution < 1.29 is 9.90 Å². The summed E-state index contributed by atoms with van der Waals surface area (Å²) in [5, 5.41) is 10.4. The van der Waals surface area contributed by atoms with E-state index in [1.807, 2.05) is 29.2 Å². The molecule has 1 fully saturated rings. The quantitative estimate of drug-likeness (QED) is 0.465. The van der Waals surface area contributed by atoms with Crippen molar-refractivity contribution in [3.63, 3.8) is 0 Å². The van der Waals surface area contributed by atoms with Gasteiger partial charge in [0.1, 0.15) is 5.75 Å². The first-order valence-corrected chi connectivity index (χ1v) is 8.98. The molecule has 5 rings (SSSR count). The molecule has 1 amide bonds. The van der Waals surface area contributed by atoms with Crippen LogP contribution in [0.25, 0.3) is 11.0 Å². The molecule has 0 unspecified atom stereocenters. The van der Waals surface area contributed by atoms with Gasteiger partial charge >= 0.3 is 0 Å². The third-order valence-corrected chi connectivity index (χ3v) is 5.87. The van der Waals surface area contributed by atoms with Gasteiger partial charge in [0.05, 0.1) is 23.0 Å². The van der Waals surface area contributed by atoms with Gasteiger partial charge in [-0.3, -0.25) is 4.79 Å². The molecule has 0 bridgehead atoms. The van der Waals surface area contributed by atoms with E-state index >= 15 is 0 Å². The fraction of sp³-hybridized carbons (Fsp3) is 0.300. The molecule has 1 saturated heterocycles. The summed E-state index contributed by atoms with van der Waals surface area (Å²) in [5.41, 5.74) is 10.7. The minimum atomic E-state index is 0.0323. The molecule has 2 aliphatic rings. The van der Waals surface area contributed by atoms with Crippen molar-refractivity contribution in [3.05, 3.63) is 53.3 Å². The number of hydrogen-bond donors (Lipinski definition) is 3. The van der Waals surface area contributed by atoms with Gasteiger partial charge in [-0.25, -0.2) is 4.98 Å². The van der Waals surface area contributed by atoms with Gasteiger partial charge in [-0.05, 0) is 49.1 Å². The fourth-order valence-electron chi connectivity index (χ4n) is 4.60. The largest absolute Gasteiger partial charge is 0.505 e. The van der Waals surface area contributed by atoms with Crippen LogP contribution >= 0.6 is 0 Å². The average molecular weight is 348 g/mol. The van der Waals surface area contributed by atoms with Crippen LogP contribution in [-0.2, 0) is 6.42 Å². The molecule has 1 aromatic heterocycles. The smallest absolute Gasteiger partial charge is 0.254 e. The van der Waals surface area contributed by atoms with E-state index in [0.717, 1.165) is 41.5 Å². The molecular formula is C20H20N4O2. The SMILES string of the molecule is Nc1ccc2c(c1O)C[C@@H]1[C@H]2CCCN1C(=O)c1ccc2[nH]cnc2c1. The number of aromatic hydroxyl groups is 1. The normalized spacial score (nSPS) is 21.6. The van der Waals surface area contributed by atoms with Gasteiger partial charge in [-0.2, -0.15) is 0 Å². The maximum atomic E-state index is 13.2. The zero-order chi connectivity index (χ0) is 17.8. The molecule has 1 aliphatic heterocycles. The van der Waals surface area contributed by atoms with Crippen LogP contribution in [-0.4, -0.2) is 38.5 Å². The molecule has 2 aromatic carbocycles. The van der Waals surface area contributed by atoms with E-state index < -0.39 is 0 Å². The molecule has 6 heteroatoms. The van der Waals surface area contributed by atoms with E-state index in [-0.39, 0.29) is 23.6 Å². The van der Waals surface area contributed by atoms with Crippen molar-refractivity contribution in [3.8, 4) is 5.75 Å². The van der Waals surface area contributed by atoms with Crippen LogP contribution < -0.4 is 5.73 Å². The number of amides is 1. The van der Waals surface area contributed by atoms with E-state index in [1.165, 1.54) is 0 Å². The first-order chi connectivity index (χ1) is 12.6. The second-order valence-corrected chi connectivity index (χ2v) is 7.22. The number of nitrogen functional groups attached to an aromatic ring is 1. The van der Waals surface area contributed by atoms with Gasteiger partial charge in [0, 0.05) is 29.6 Å². The Morgan fingerprint density at radius 2 is 2.19 bits per heavy atom. The van der Waals surface area contributed by atoms with Gasteiger partial charge in [0.15, 0.2) is 0 Å². The van der Waals surface area contributed by atoms with Crippen LogP contribution in [0.2, 0.25) is 0 Å². The van der Waals surface area contributed by atoms with E-state index in [4.69, 9.17) is 5.73 Å². The Hall–Kier alpha value is -3.02. The Kier molecular flexibility index (Phi) is 3.22. The maximum absolute atomic E-state index is 13.2. The zero-order valence-electron chi connectivity index (χ0n) is 14.3. The summed E-state index contributed by atoms with van der Waals surface area (Å²) in [5.74, 6) is 0.482. The summed E-state index contributed by atoms with van der Waals surface area (Å²) in [6.45, 7) is 0.739. The summed E-state index contributed by atoms with van der Waals surface area (Å²) in [7, 11) is 0. The number of nitrogens with one attached hydrogen (secondary N) is 1. The number of benzene rings is 2. The minimum absolute atomic E-state index is 0.0323. The molecule has 0 radical (unpaired) electrons. The lowest BCUT2D eigenvalue weighted by Crippen LogP contribution is -2.46. The molecular weight excluding hydrogens is 328 g/mol. The molecule has 1 aliphatic carbocycles. The standard InChI is InChI=1S/C20H20N4O2/c21-15-5-4-12-13-2-1-7-24(18(13)9-14(12)19(15)25)20(26)11-3-6-16-17(8-11)23-10-22-16/h3-6,8,10,13,18,25H,1-2,7,9,21H2,(H,22,23)/t13-,18+/m0/s1. The number of nitrogens with zero attached hydrogens (tertiary/aromatic N) is 2. The number of aromatic amines is 1. The molecule has 132 valence electrons. The van der Waals surface area contributed by atoms with Crippen molar-refractivity contribution in [1.29, 1.82) is 0 Å². The fourth-order valence-corrected chi connectivity index (χ4v) is 4.60. The number of rotatable bonds is 1. The van der Waals surface area contributed by atoms with Crippen molar-refractivity contribution in [2.75, 3.05) is 12.3 Å². The van der Waals surface area contributed by atoms with Crippen LogP contribution in [0.15, 0.2) is 36.7 Å². The van der Waals surface area contributed by atoms with Crippen molar-refractivity contribution >= 4 is 22.6 Å². The minimum Gasteiger partial charge on any atom is -0.505 e. The molecule has 4 N–H and O–H groups in total. The number of carbonyl (C=O) groups excluding carboxylic acids is 1. The summed E-state index contributed by atoms with van der Waals surface area (Å²) in [4.78, 5) is 22.5. The number of piperidine rings is 1. The first-order valence-electron chi connectivity index (χ1n) is 8.98. The Bertz CT molecular complexity index is 1030. The van der Waals surface area contributed by atoms with Crippen LogP contribution in [0, 0.1) is 0 Å². The molecule has 6 nitrogen and oxygen atoms in total. The molecule has 2 heterocycles. The number of H-pyrrole nitrogens is 1. The number of hydrogen-bond acceptors (Lipinski definition) is 4. The van der Waals surface area contributed by atoms with Crippen molar-refractivity contribution in [2.45, 2.75) is 31.2 Å². The number of phenolic OH excluding ortho intramolecular Hbond substituents is 1. The third kappa shape index (κ3) is 2.11. The van der Waals surface area contributed by atoms with Crippen LogP contribution in [0.5, 0.6) is 5.75 Å². The summed E-state index contributed by atoms with van der Waals surface area (Å²) >= 11 is 0. The topological polar surface area (TPSA) is 95.2 Å². The maximum Gasteiger partial charge on any atom is 0.254 e. The molecule has 0 spiro atoms. The zero-order valence-corrected chi connectivity index (χ0v) is 14.3. The third-order valence-electron chi connectivity index (χ3n) is 5.87. The second kappa shape index (κ2) is 5.49. The highest BCUT2D eigenvalue weighted by atomic mass is 16.3. The lowest BCUT2D eigenvalue weighted by Gasteiger charge is -2.38. The molecule has 26 heavy (non-hydrogen) atoms. The van der Waals surface area contributed by atoms with Crippen molar-refractivity contribution in [2.24, 2.45) is 0 Å². The van der Waals surface area contributed by atoms with E-state index in [2.05, 4.69) is 9.97 Å². The Labute approximate surface area is 150 Å². The number of anilines is 1. The number of fused-ring (bicyclic) bond motifs is 4. The first kappa shape index (κ1) is 15.3. The highest BCUT2D eigenvalue weighted by molar-refractivity contribution is 5.97. The Morgan fingerprint density at radius 1 is 1.31 bits per heavy atom. The van der Waals surface area contributed by atoms with E-state index in [9.17, 15) is 9.90 Å². The predicted molar refractivity (Wildman–Crippen MR) is 99.1 cm³/mol. The predicted octanol–water partition coefficient (Wildman–Crippen LogP) is 2.80. The van der Waals surface area contributed by atoms with Gasteiger partial charge in [-0.1, -0.05) is 6.07 Å². The van der Waals surface area contributed by atoms with Gasteiger partial charge in [-0.15, -0.1) is 0 Å². The van der Waals surface area contributed by atoms with Gasteiger partial charge in [0.25, 0.3) is 5.91 Å². The van der Waals surface area contributed by atoms with Crippen molar-refractivity contribution in [1.82, 2.24) is 14.9 Å². The summed E-state index contributed by atoms with van der Waals surface area (Å²) < 4.78 is 0. The Balaban J connectivity index is 1.50. The monoisotopic (exact) mass is 348 g/mol. The molecule has 3 aromatic rings. The van der Waals surface area contributed by atoms with E-state index in [0.29, 0.717) is 17.7 Å². The summed E-state index contributed by atoms with van der Waals surface area (Å²) in [6, 6.07) is 9.45. The van der Waals surface area contributed by atoms with E-state index in [1.54, 1.807) is 12.4 Å². The number of imidazole rings is 1. The Morgan fingerprint density at radius 3 is 3.08 bits per heavy atom. The number of phenols is 1. The highest BCUT2D eigenvalue weighted by Crippen LogP contribution is 2.46. The lowest BCUT2D eigenvalue weighted by molar-refractivity contribution is 0.0595. The molecule has 2 atom stereocenters. The number of carbonyl (C=O) groups is 1.